The topological polar surface area (TPSA) is 88.5 Å². The monoisotopic (exact) mass is 354 g/mol. The van der Waals surface area contributed by atoms with Crippen molar-refractivity contribution in [3.63, 3.8) is 0 Å². The fourth-order valence-corrected chi connectivity index (χ4v) is 2.64. The normalized spacial score (nSPS) is 10.6. The molecule has 0 atom stereocenters. The zero-order valence-corrected chi connectivity index (χ0v) is 14.8. The van der Waals surface area contributed by atoms with E-state index < -0.39 is 0 Å². The van der Waals surface area contributed by atoms with E-state index in [4.69, 9.17) is 14.6 Å². The summed E-state index contributed by atoms with van der Waals surface area (Å²) in [6.45, 7) is 0.960. The summed E-state index contributed by atoms with van der Waals surface area (Å²) in [6.07, 6.45) is 0. The number of nitrogens with zero attached hydrogens (tertiary/aromatic N) is 2. The van der Waals surface area contributed by atoms with Crippen molar-refractivity contribution in [2.24, 2.45) is 0 Å². The first-order valence-corrected chi connectivity index (χ1v) is 8.31. The van der Waals surface area contributed by atoms with Crippen LogP contribution in [0.1, 0.15) is 5.56 Å². The molecule has 0 unspecified atom stereocenters. The number of hydrogen-bond acceptors (Lipinski definition) is 7. The van der Waals surface area contributed by atoms with Crippen molar-refractivity contribution in [3.05, 3.63) is 48.0 Å². The lowest BCUT2D eigenvalue weighted by Crippen LogP contribution is -2.11. The number of nitrogens with one attached hydrogen (secondary N) is 2. The molecule has 1 aromatic heterocycles. The van der Waals surface area contributed by atoms with Gasteiger partial charge >= 0.3 is 0 Å². The fraction of sp³-hybridized carbons (Fsp3) is 0.263. The van der Waals surface area contributed by atoms with Crippen LogP contribution in [-0.4, -0.2) is 42.4 Å². The third-order valence-corrected chi connectivity index (χ3v) is 3.94. The molecule has 0 aliphatic carbocycles. The van der Waals surface area contributed by atoms with Crippen LogP contribution < -0.4 is 20.1 Å². The van der Waals surface area contributed by atoms with E-state index in [1.165, 1.54) is 0 Å². The Labute approximate surface area is 152 Å². The predicted octanol–water partition coefficient (Wildman–Crippen LogP) is 2.66. The van der Waals surface area contributed by atoms with Gasteiger partial charge in [0.1, 0.15) is 17.3 Å². The SMILES string of the molecule is COc1ccc(CNc2nc(NCCO)c3ccccc3n2)c(OC)c1. The maximum atomic E-state index is 9.08. The van der Waals surface area contributed by atoms with Crippen molar-refractivity contribution in [3.8, 4) is 11.5 Å². The number of aromatic nitrogens is 2. The number of benzene rings is 2. The molecule has 3 rings (SSSR count). The lowest BCUT2D eigenvalue weighted by Gasteiger charge is -2.13. The van der Waals surface area contributed by atoms with Gasteiger partial charge in [0.2, 0.25) is 5.95 Å². The van der Waals surface area contributed by atoms with Crippen molar-refractivity contribution in [1.29, 1.82) is 0 Å². The van der Waals surface area contributed by atoms with Gasteiger partial charge in [-0.1, -0.05) is 12.1 Å². The number of aliphatic hydroxyl groups excluding tert-OH is 1. The summed E-state index contributed by atoms with van der Waals surface area (Å²) in [6, 6.07) is 13.4. The molecular formula is C19H22N4O3. The van der Waals surface area contributed by atoms with Gasteiger partial charge in [-0.25, -0.2) is 4.98 Å². The molecule has 0 saturated carbocycles. The molecule has 0 aliphatic heterocycles. The van der Waals surface area contributed by atoms with Crippen molar-refractivity contribution in [2.75, 3.05) is 38.0 Å². The van der Waals surface area contributed by atoms with E-state index in [2.05, 4.69) is 20.6 Å². The van der Waals surface area contributed by atoms with Crippen LogP contribution in [0.5, 0.6) is 11.5 Å². The van der Waals surface area contributed by atoms with Crippen LogP contribution >= 0.6 is 0 Å². The number of rotatable bonds is 8. The van der Waals surface area contributed by atoms with E-state index in [1.54, 1.807) is 14.2 Å². The maximum Gasteiger partial charge on any atom is 0.225 e. The Kier molecular flexibility index (Phi) is 5.70. The number of anilines is 2. The highest BCUT2D eigenvalue weighted by molar-refractivity contribution is 5.90. The molecular weight excluding hydrogens is 332 g/mol. The fourth-order valence-electron chi connectivity index (χ4n) is 2.64. The van der Waals surface area contributed by atoms with Gasteiger partial charge in [-0.2, -0.15) is 4.98 Å². The van der Waals surface area contributed by atoms with Gasteiger partial charge in [-0.15, -0.1) is 0 Å². The van der Waals surface area contributed by atoms with E-state index in [9.17, 15) is 0 Å². The largest absolute Gasteiger partial charge is 0.497 e. The Bertz CT molecular complexity index is 886. The minimum atomic E-state index is 0.0319. The molecule has 26 heavy (non-hydrogen) atoms. The van der Waals surface area contributed by atoms with E-state index in [0.29, 0.717) is 24.9 Å². The molecule has 7 heteroatoms. The molecule has 0 aliphatic rings. The lowest BCUT2D eigenvalue weighted by atomic mass is 10.2. The molecule has 7 nitrogen and oxygen atoms in total. The zero-order valence-electron chi connectivity index (χ0n) is 14.8. The molecule has 3 N–H and O–H groups in total. The van der Waals surface area contributed by atoms with Crippen LogP contribution in [0.2, 0.25) is 0 Å². The smallest absolute Gasteiger partial charge is 0.225 e. The first-order chi connectivity index (χ1) is 12.7. The summed E-state index contributed by atoms with van der Waals surface area (Å²) in [5, 5.41) is 16.4. The van der Waals surface area contributed by atoms with Crippen molar-refractivity contribution >= 4 is 22.7 Å². The average molecular weight is 354 g/mol. The van der Waals surface area contributed by atoms with E-state index >= 15 is 0 Å². The third kappa shape index (κ3) is 3.94. The number of hydrogen-bond donors (Lipinski definition) is 3. The highest BCUT2D eigenvalue weighted by Crippen LogP contribution is 2.26. The first-order valence-electron chi connectivity index (χ1n) is 8.31. The Morgan fingerprint density at radius 3 is 2.62 bits per heavy atom. The highest BCUT2D eigenvalue weighted by atomic mass is 16.5. The standard InChI is InChI=1S/C19H22N4O3/c1-25-14-8-7-13(17(11-14)26-2)12-21-19-22-16-6-4-3-5-15(16)18(23-19)20-9-10-24/h3-8,11,24H,9-10,12H2,1-2H3,(H2,20,21,22,23). The van der Waals surface area contributed by atoms with Crippen molar-refractivity contribution in [2.45, 2.75) is 6.54 Å². The van der Waals surface area contributed by atoms with Gasteiger partial charge in [0.05, 0.1) is 26.3 Å². The molecule has 0 saturated heterocycles. The summed E-state index contributed by atoms with van der Waals surface area (Å²) in [5.41, 5.74) is 1.79. The maximum absolute atomic E-state index is 9.08. The molecule has 0 spiro atoms. The van der Waals surface area contributed by atoms with Crippen molar-refractivity contribution < 1.29 is 14.6 Å². The van der Waals surface area contributed by atoms with Gasteiger partial charge in [0, 0.05) is 30.1 Å². The second-order valence-electron chi connectivity index (χ2n) is 5.59. The van der Waals surface area contributed by atoms with Crippen LogP contribution in [-0.2, 0) is 6.54 Å². The summed E-state index contributed by atoms with van der Waals surface area (Å²) < 4.78 is 10.6. The van der Waals surface area contributed by atoms with Crippen LogP contribution in [0.25, 0.3) is 10.9 Å². The van der Waals surface area contributed by atoms with Crippen LogP contribution in [0.15, 0.2) is 42.5 Å². The quantitative estimate of drug-likeness (QED) is 0.573. The Morgan fingerprint density at radius 1 is 1.00 bits per heavy atom. The highest BCUT2D eigenvalue weighted by Gasteiger charge is 2.09. The second-order valence-corrected chi connectivity index (χ2v) is 5.59. The first kappa shape index (κ1) is 17.8. The molecule has 136 valence electrons. The number of fused-ring (bicyclic) bond motifs is 1. The minimum Gasteiger partial charge on any atom is -0.497 e. The number of para-hydroxylation sites is 1. The summed E-state index contributed by atoms with van der Waals surface area (Å²) >= 11 is 0. The van der Waals surface area contributed by atoms with Gasteiger partial charge in [0.25, 0.3) is 0 Å². The summed E-state index contributed by atoms with van der Waals surface area (Å²) in [4.78, 5) is 9.09. The van der Waals surface area contributed by atoms with Gasteiger partial charge in [-0.3, -0.25) is 0 Å². The van der Waals surface area contributed by atoms with E-state index in [0.717, 1.165) is 28.0 Å². The van der Waals surface area contributed by atoms with Gasteiger partial charge in [-0.05, 0) is 24.3 Å². The Hall–Kier alpha value is -3.06. The molecule has 0 bridgehead atoms. The van der Waals surface area contributed by atoms with Gasteiger partial charge < -0.3 is 25.2 Å². The van der Waals surface area contributed by atoms with Crippen LogP contribution in [0.4, 0.5) is 11.8 Å². The third-order valence-electron chi connectivity index (χ3n) is 3.94. The van der Waals surface area contributed by atoms with Gasteiger partial charge in [0.15, 0.2) is 0 Å². The predicted molar refractivity (Wildman–Crippen MR) is 102 cm³/mol. The minimum absolute atomic E-state index is 0.0319. The van der Waals surface area contributed by atoms with E-state index in [-0.39, 0.29) is 6.61 Å². The molecule has 1 heterocycles. The average Bonchev–Trinajstić information content (AvgIpc) is 2.70. The van der Waals surface area contributed by atoms with E-state index in [1.807, 2.05) is 42.5 Å². The summed E-state index contributed by atoms with van der Waals surface area (Å²) in [7, 11) is 3.25. The lowest BCUT2D eigenvalue weighted by molar-refractivity contribution is 0.311. The van der Waals surface area contributed by atoms with Crippen LogP contribution in [0, 0.1) is 0 Å². The molecule has 0 fully saturated rings. The molecule has 2 aromatic carbocycles. The second kappa shape index (κ2) is 8.35. The Balaban J connectivity index is 1.85. The number of ether oxygens (including phenoxy) is 2. The molecule has 0 radical (unpaired) electrons. The molecule has 3 aromatic rings. The number of methoxy groups -OCH3 is 2. The van der Waals surface area contributed by atoms with Crippen molar-refractivity contribution in [1.82, 2.24) is 9.97 Å². The zero-order chi connectivity index (χ0) is 18.4. The number of aliphatic hydroxyl groups is 1. The van der Waals surface area contributed by atoms with Crippen LogP contribution in [0.3, 0.4) is 0 Å². The Morgan fingerprint density at radius 2 is 1.85 bits per heavy atom. The molecule has 0 amide bonds. The summed E-state index contributed by atoms with van der Waals surface area (Å²) in [5.74, 6) is 2.66.